The predicted molar refractivity (Wildman–Crippen MR) is 92.6 cm³/mol. The Labute approximate surface area is 133 Å². The molecule has 2 aromatic carbocycles. The van der Waals surface area contributed by atoms with Crippen LogP contribution in [0.3, 0.4) is 0 Å². The summed E-state index contributed by atoms with van der Waals surface area (Å²) in [5.41, 5.74) is 10.0. The molecule has 0 unspecified atom stereocenters. The summed E-state index contributed by atoms with van der Waals surface area (Å²) in [7, 11) is 0. The number of anilines is 1. The molecule has 23 heavy (non-hydrogen) atoms. The quantitative estimate of drug-likeness (QED) is 0.569. The fourth-order valence-electron chi connectivity index (χ4n) is 2.45. The van der Waals surface area contributed by atoms with Crippen LogP contribution in [0.4, 0.5) is 5.69 Å². The van der Waals surface area contributed by atoms with Crippen LogP contribution in [0, 0.1) is 0 Å². The van der Waals surface area contributed by atoms with Crippen LogP contribution in [0.2, 0.25) is 0 Å². The van der Waals surface area contributed by atoms with Crippen LogP contribution in [0.5, 0.6) is 0 Å². The molecule has 0 aliphatic rings. The lowest BCUT2D eigenvalue weighted by Gasteiger charge is -2.05. The van der Waals surface area contributed by atoms with Crippen molar-refractivity contribution in [1.82, 2.24) is 15.0 Å². The fraction of sp³-hybridized carbons (Fsp3) is 0. The Hall–Kier alpha value is -3.27. The summed E-state index contributed by atoms with van der Waals surface area (Å²) in [6, 6.07) is 21.5. The van der Waals surface area contributed by atoms with Crippen LogP contribution in [0.15, 0.2) is 72.9 Å². The number of nitrogens with two attached hydrogens (primary N) is 1. The van der Waals surface area contributed by atoms with E-state index < -0.39 is 0 Å². The van der Waals surface area contributed by atoms with E-state index in [2.05, 4.69) is 15.0 Å². The number of aromatic nitrogens is 3. The second-order valence-electron chi connectivity index (χ2n) is 5.29. The molecule has 4 nitrogen and oxygen atoms in total. The lowest BCUT2D eigenvalue weighted by atomic mass is 10.1. The van der Waals surface area contributed by atoms with E-state index in [9.17, 15) is 0 Å². The number of benzene rings is 2. The molecule has 2 aromatic heterocycles. The maximum atomic E-state index is 5.74. The van der Waals surface area contributed by atoms with Gasteiger partial charge >= 0.3 is 0 Å². The van der Waals surface area contributed by atoms with Crippen molar-refractivity contribution in [3.05, 3.63) is 72.9 Å². The zero-order chi connectivity index (χ0) is 15.6. The molecule has 0 fully saturated rings. The standard InChI is InChI=1S/C19H14N4/c20-16-9-6-13(7-10-16)17-11-8-15-12-21-18(23-19(15)22-17)14-4-2-1-3-5-14/h1-12H,20H2. The minimum Gasteiger partial charge on any atom is -0.399 e. The lowest BCUT2D eigenvalue weighted by molar-refractivity contribution is 1.19. The SMILES string of the molecule is Nc1ccc(-c2ccc3cnc(-c4ccccc4)nc3n2)cc1. The van der Waals surface area contributed by atoms with E-state index >= 15 is 0 Å². The molecular formula is C19H14N4. The number of fused-ring (bicyclic) bond motifs is 1. The summed E-state index contributed by atoms with van der Waals surface area (Å²) < 4.78 is 0. The van der Waals surface area contributed by atoms with Gasteiger partial charge in [-0.25, -0.2) is 15.0 Å². The second-order valence-corrected chi connectivity index (χ2v) is 5.29. The molecule has 4 rings (SSSR count). The Bertz CT molecular complexity index is 963. The van der Waals surface area contributed by atoms with Gasteiger partial charge < -0.3 is 5.73 Å². The molecule has 0 aliphatic heterocycles. The Kier molecular flexibility index (Phi) is 3.20. The monoisotopic (exact) mass is 298 g/mol. The highest BCUT2D eigenvalue weighted by atomic mass is 14.9. The van der Waals surface area contributed by atoms with E-state index in [4.69, 9.17) is 5.73 Å². The minimum absolute atomic E-state index is 0.681. The highest BCUT2D eigenvalue weighted by Gasteiger charge is 2.06. The fourth-order valence-corrected chi connectivity index (χ4v) is 2.45. The lowest BCUT2D eigenvalue weighted by Crippen LogP contribution is -1.93. The molecule has 0 amide bonds. The van der Waals surface area contributed by atoms with Gasteiger partial charge in [-0.15, -0.1) is 0 Å². The van der Waals surface area contributed by atoms with E-state index in [-0.39, 0.29) is 0 Å². The first-order chi connectivity index (χ1) is 11.3. The number of pyridine rings is 1. The largest absolute Gasteiger partial charge is 0.399 e. The molecule has 110 valence electrons. The van der Waals surface area contributed by atoms with Gasteiger partial charge in [-0.2, -0.15) is 0 Å². The Balaban J connectivity index is 1.82. The molecule has 0 saturated heterocycles. The number of nitrogens with zero attached hydrogens (tertiary/aromatic N) is 3. The summed E-state index contributed by atoms with van der Waals surface area (Å²) in [6.07, 6.45) is 1.81. The predicted octanol–water partition coefficient (Wildman–Crippen LogP) is 3.94. The van der Waals surface area contributed by atoms with Crippen LogP contribution < -0.4 is 5.73 Å². The highest BCUT2D eigenvalue weighted by molar-refractivity contribution is 5.79. The summed E-state index contributed by atoms with van der Waals surface area (Å²) in [6.45, 7) is 0. The Morgan fingerprint density at radius 3 is 2.26 bits per heavy atom. The van der Waals surface area contributed by atoms with E-state index in [1.54, 1.807) is 0 Å². The minimum atomic E-state index is 0.681. The van der Waals surface area contributed by atoms with Gasteiger partial charge in [0.15, 0.2) is 11.5 Å². The van der Waals surface area contributed by atoms with Gasteiger partial charge in [0.2, 0.25) is 0 Å². The van der Waals surface area contributed by atoms with Gasteiger partial charge in [0.05, 0.1) is 5.69 Å². The van der Waals surface area contributed by atoms with Crippen molar-refractivity contribution in [3.8, 4) is 22.6 Å². The normalized spacial score (nSPS) is 10.8. The molecular weight excluding hydrogens is 284 g/mol. The van der Waals surface area contributed by atoms with Gasteiger partial charge in [0.1, 0.15) is 0 Å². The van der Waals surface area contributed by atoms with Gasteiger partial charge in [0.25, 0.3) is 0 Å². The molecule has 0 bridgehead atoms. The molecule has 0 atom stereocenters. The first-order valence-corrected chi connectivity index (χ1v) is 7.35. The number of rotatable bonds is 2. The Morgan fingerprint density at radius 2 is 1.48 bits per heavy atom. The summed E-state index contributed by atoms with van der Waals surface area (Å²) in [5.74, 6) is 0.681. The maximum absolute atomic E-state index is 5.74. The van der Waals surface area contributed by atoms with Crippen LogP contribution >= 0.6 is 0 Å². The average Bonchev–Trinajstić information content (AvgIpc) is 2.62. The number of hydrogen-bond acceptors (Lipinski definition) is 4. The van der Waals surface area contributed by atoms with Crippen LogP contribution in [-0.2, 0) is 0 Å². The highest BCUT2D eigenvalue weighted by Crippen LogP contribution is 2.22. The third kappa shape index (κ3) is 2.62. The molecule has 2 N–H and O–H groups in total. The van der Waals surface area contributed by atoms with Crippen molar-refractivity contribution < 1.29 is 0 Å². The van der Waals surface area contributed by atoms with E-state index in [1.165, 1.54) is 0 Å². The summed E-state index contributed by atoms with van der Waals surface area (Å²) >= 11 is 0. The summed E-state index contributed by atoms with van der Waals surface area (Å²) in [5, 5.41) is 0.920. The van der Waals surface area contributed by atoms with Crippen LogP contribution in [0.1, 0.15) is 0 Å². The van der Waals surface area contributed by atoms with Crippen molar-refractivity contribution in [2.45, 2.75) is 0 Å². The van der Waals surface area contributed by atoms with E-state index in [1.807, 2.05) is 72.9 Å². The number of nitrogen functional groups attached to an aromatic ring is 1. The van der Waals surface area contributed by atoms with Gasteiger partial charge in [-0.1, -0.05) is 42.5 Å². The zero-order valence-corrected chi connectivity index (χ0v) is 12.3. The summed E-state index contributed by atoms with van der Waals surface area (Å²) in [4.78, 5) is 13.7. The van der Waals surface area contributed by atoms with Gasteiger partial charge in [-0.3, -0.25) is 0 Å². The average molecular weight is 298 g/mol. The third-order valence-corrected chi connectivity index (χ3v) is 3.68. The van der Waals surface area contributed by atoms with Crippen molar-refractivity contribution in [2.24, 2.45) is 0 Å². The van der Waals surface area contributed by atoms with Crippen LogP contribution in [-0.4, -0.2) is 15.0 Å². The topological polar surface area (TPSA) is 64.7 Å². The van der Waals surface area contributed by atoms with Crippen molar-refractivity contribution in [2.75, 3.05) is 5.73 Å². The second kappa shape index (κ2) is 5.50. The molecule has 4 heteroatoms. The first-order valence-electron chi connectivity index (χ1n) is 7.35. The van der Waals surface area contributed by atoms with Crippen molar-refractivity contribution in [1.29, 1.82) is 0 Å². The molecule has 0 radical (unpaired) electrons. The maximum Gasteiger partial charge on any atom is 0.163 e. The smallest absolute Gasteiger partial charge is 0.163 e. The van der Waals surface area contributed by atoms with Gasteiger partial charge in [-0.05, 0) is 24.3 Å². The van der Waals surface area contributed by atoms with Crippen molar-refractivity contribution >= 4 is 16.7 Å². The van der Waals surface area contributed by atoms with Gasteiger partial charge in [0, 0.05) is 28.4 Å². The van der Waals surface area contributed by atoms with E-state index in [0.29, 0.717) is 11.5 Å². The van der Waals surface area contributed by atoms with Crippen LogP contribution in [0.25, 0.3) is 33.7 Å². The first kappa shape index (κ1) is 13.4. The molecule has 0 saturated carbocycles. The molecule has 4 aromatic rings. The third-order valence-electron chi connectivity index (χ3n) is 3.68. The number of hydrogen-bond donors (Lipinski definition) is 1. The zero-order valence-electron chi connectivity index (χ0n) is 12.3. The molecule has 0 spiro atoms. The van der Waals surface area contributed by atoms with Crippen molar-refractivity contribution in [3.63, 3.8) is 0 Å². The molecule has 2 heterocycles. The molecule has 0 aliphatic carbocycles. The van der Waals surface area contributed by atoms with E-state index in [0.717, 1.165) is 27.9 Å². The Morgan fingerprint density at radius 1 is 0.696 bits per heavy atom.